The molecule has 0 aliphatic heterocycles. The topological polar surface area (TPSA) is 467 Å². The van der Waals surface area contributed by atoms with Gasteiger partial charge in [0.25, 0.3) is 0 Å². The molecule has 0 rings (SSSR count). The van der Waals surface area contributed by atoms with Crippen LogP contribution < -0.4 is 154 Å². The van der Waals surface area contributed by atoms with Gasteiger partial charge in [0.15, 0.2) is 0 Å². The van der Waals surface area contributed by atoms with E-state index in [1.807, 2.05) is 0 Å². The first-order valence-corrected chi connectivity index (χ1v) is 14.1. The molecular formula is H21K3O24P6. The molecule has 0 radical (unpaired) electrons. The van der Waals surface area contributed by atoms with Gasteiger partial charge in [0.05, 0.1) is 0 Å². The van der Waals surface area contributed by atoms with Crippen molar-refractivity contribution in [3.05, 3.63) is 0 Å². The molecule has 0 aromatic carbocycles. The van der Waals surface area contributed by atoms with Gasteiger partial charge < -0.3 is 92.4 Å². The van der Waals surface area contributed by atoms with Gasteiger partial charge in [-0.2, -0.15) is 0 Å². The summed E-state index contributed by atoms with van der Waals surface area (Å²) in [7, 11) is -27.8. The van der Waals surface area contributed by atoms with Gasteiger partial charge in [0.2, 0.25) is 0 Å². The Kier molecular flexibility index (Phi) is 54.9. The Morgan fingerprint density at radius 1 is 0.242 bits per heavy atom. The number of hydrogen-bond acceptors (Lipinski definition) is 6. The molecule has 0 bridgehead atoms. The van der Waals surface area contributed by atoms with Crippen LogP contribution in [0.15, 0.2) is 0 Å². The van der Waals surface area contributed by atoms with Crippen LogP contribution in [-0.4, -0.2) is 88.1 Å². The van der Waals surface area contributed by atoms with Crippen LogP contribution in [-0.2, 0) is 27.4 Å². The van der Waals surface area contributed by atoms with Crippen LogP contribution in [0, 0.1) is 0 Å². The molecule has 24 nitrogen and oxygen atoms in total. The van der Waals surface area contributed by atoms with Crippen LogP contribution in [0.2, 0.25) is 0 Å². The fraction of sp³-hybridized carbons (Fsp3) is 0. The van der Waals surface area contributed by atoms with Crippen LogP contribution >= 0.6 is 46.9 Å². The Bertz CT molecular complexity index is 483. The summed E-state index contributed by atoms with van der Waals surface area (Å²) in [5.74, 6) is 0. The molecule has 0 unspecified atom stereocenters. The van der Waals surface area contributed by atoms with E-state index in [0.717, 1.165) is 0 Å². The van der Waals surface area contributed by atoms with Crippen molar-refractivity contribution in [3.8, 4) is 0 Å². The number of hydrogen-bond donors (Lipinski definition) is 18. The van der Waals surface area contributed by atoms with Crippen molar-refractivity contribution in [2.45, 2.75) is 0 Å². The zero-order valence-corrected chi connectivity index (χ0v) is 30.9. The van der Waals surface area contributed by atoms with Crippen molar-refractivity contribution < 1.29 is 274 Å². The Labute approximate surface area is 314 Å². The van der Waals surface area contributed by atoms with Crippen LogP contribution in [0.5, 0.6) is 0 Å². The Hall–Kier alpha value is 5.57. The standard InChI is InChI=1S/3K.6H3O4P.3H/c;;;6*1-5(2,3)4;;;/h;;;6*(H3,1,2,3,4);;;/q3*+1;;;;;;;3*-1. The molecule has 0 aliphatic carbocycles. The monoisotopic (exact) mass is 708 g/mol. The van der Waals surface area contributed by atoms with Crippen LogP contribution in [0.4, 0.5) is 0 Å². The zero-order valence-electron chi connectivity index (χ0n) is 19.2. The maximum Gasteiger partial charge on any atom is 1.00 e. The van der Waals surface area contributed by atoms with E-state index in [4.69, 9.17) is 115 Å². The van der Waals surface area contributed by atoms with Gasteiger partial charge in [-0.05, 0) is 0 Å². The molecule has 0 amide bonds. The van der Waals surface area contributed by atoms with E-state index in [0.29, 0.717) is 0 Å². The van der Waals surface area contributed by atoms with E-state index in [9.17, 15) is 0 Å². The second kappa shape index (κ2) is 29.1. The maximum absolute atomic E-state index is 8.88. The predicted molar refractivity (Wildman–Crippen MR) is 88.9 cm³/mol. The summed E-state index contributed by atoms with van der Waals surface area (Å²) in [5, 5.41) is 0. The molecule has 0 saturated carbocycles. The van der Waals surface area contributed by atoms with Gasteiger partial charge in [0.1, 0.15) is 0 Å². The van der Waals surface area contributed by atoms with Gasteiger partial charge in [0, 0.05) is 0 Å². The minimum Gasteiger partial charge on any atom is -1.00 e. The second-order valence-corrected chi connectivity index (χ2v) is 9.24. The molecule has 0 saturated heterocycles. The van der Waals surface area contributed by atoms with Crippen molar-refractivity contribution in [1.82, 2.24) is 0 Å². The quantitative estimate of drug-likeness (QED) is 0.0820. The van der Waals surface area contributed by atoms with Crippen molar-refractivity contribution >= 4 is 46.9 Å². The molecule has 0 aliphatic rings. The maximum atomic E-state index is 8.88. The summed E-state index contributed by atoms with van der Waals surface area (Å²) < 4.78 is 53.3. The van der Waals surface area contributed by atoms with Crippen LogP contribution in [0.25, 0.3) is 0 Å². The van der Waals surface area contributed by atoms with E-state index in [1.165, 1.54) is 0 Å². The van der Waals surface area contributed by atoms with Gasteiger partial charge in [-0.25, -0.2) is 27.4 Å². The van der Waals surface area contributed by atoms with Crippen LogP contribution in [0.3, 0.4) is 0 Å². The molecule has 33 heteroatoms. The summed E-state index contributed by atoms with van der Waals surface area (Å²) in [6.45, 7) is 0. The molecule has 198 valence electrons. The third-order valence-corrected chi connectivity index (χ3v) is 0. The second-order valence-electron chi connectivity index (χ2n) is 3.08. The third-order valence-electron chi connectivity index (χ3n) is 0. The van der Waals surface area contributed by atoms with E-state index in [-0.39, 0.29) is 158 Å². The summed E-state index contributed by atoms with van der Waals surface area (Å²) in [4.78, 5) is 129. The first kappa shape index (κ1) is 62.3. The summed E-state index contributed by atoms with van der Waals surface area (Å²) >= 11 is 0. The third kappa shape index (κ3) is 1530. The first-order valence-electron chi connectivity index (χ1n) is 4.70. The molecule has 33 heavy (non-hydrogen) atoms. The summed E-state index contributed by atoms with van der Waals surface area (Å²) in [6.07, 6.45) is 0. The normalized spacial score (nSPS) is 10.7. The predicted octanol–water partition coefficient (Wildman–Crippen LogP) is -14.2. The van der Waals surface area contributed by atoms with E-state index in [2.05, 4.69) is 0 Å². The molecule has 18 N–H and O–H groups in total. The minimum absolute atomic E-state index is 0. The van der Waals surface area contributed by atoms with Crippen LogP contribution in [0.1, 0.15) is 4.28 Å². The van der Waals surface area contributed by atoms with E-state index < -0.39 is 46.9 Å². The molecule has 0 atom stereocenters. The first-order chi connectivity index (χ1) is 12.0. The Balaban J connectivity index is -0.0000000186. The smallest absolute Gasteiger partial charge is 1.00 e. The van der Waals surface area contributed by atoms with Crippen molar-refractivity contribution in [1.29, 1.82) is 0 Å². The largest absolute Gasteiger partial charge is 1.00 e. The average molecular weight is 708 g/mol. The molecule has 0 aromatic heterocycles. The molecule has 0 heterocycles. The van der Waals surface area contributed by atoms with Gasteiger partial charge in [-0.3, -0.25) is 0 Å². The van der Waals surface area contributed by atoms with Crippen molar-refractivity contribution in [2.24, 2.45) is 0 Å². The Morgan fingerprint density at radius 3 is 0.242 bits per heavy atom. The number of rotatable bonds is 0. The fourth-order valence-corrected chi connectivity index (χ4v) is 0. The summed E-state index contributed by atoms with van der Waals surface area (Å²) in [5.41, 5.74) is 0. The van der Waals surface area contributed by atoms with E-state index >= 15 is 0 Å². The molecule has 0 fully saturated rings. The average Bonchev–Trinajstić information content (AvgIpc) is 1.94. The van der Waals surface area contributed by atoms with Crippen molar-refractivity contribution in [3.63, 3.8) is 0 Å². The minimum atomic E-state index is -4.64. The van der Waals surface area contributed by atoms with Gasteiger partial charge in [-0.15, -0.1) is 0 Å². The molecule has 0 aromatic rings. The van der Waals surface area contributed by atoms with Gasteiger partial charge in [-0.1, -0.05) is 0 Å². The van der Waals surface area contributed by atoms with Gasteiger partial charge >= 0.3 is 201 Å². The van der Waals surface area contributed by atoms with E-state index in [1.54, 1.807) is 0 Å². The zero-order chi connectivity index (χ0) is 27.0. The molecule has 0 spiro atoms. The molecular weight excluding hydrogens is 687 g/mol. The number of phosphoric acid groups is 6. The summed E-state index contributed by atoms with van der Waals surface area (Å²) in [6, 6.07) is 0. The van der Waals surface area contributed by atoms with Crippen molar-refractivity contribution in [2.75, 3.05) is 0 Å². The fourth-order valence-electron chi connectivity index (χ4n) is 0. The SMILES string of the molecule is O=P(O)(O)O.O=P(O)(O)O.O=P(O)(O)O.O=P(O)(O)O.O=P(O)(O)O.O=P(O)(O)O.[H-].[H-].[H-].[K+].[K+].[K+]. The Morgan fingerprint density at radius 2 is 0.242 bits per heavy atom.